The molecule has 1 fully saturated rings. The molecule has 6 nitrogen and oxygen atoms in total. The van der Waals surface area contributed by atoms with E-state index in [1.807, 2.05) is 12.2 Å². The first-order valence-corrected chi connectivity index (χ1v) is 8.04. The number of halogens is 1. The maximum Gasteiger partial charge on any atom is 0.307 e. The van der Waals surface area contributed by atoms with Crippen molar-refractivity contribution in [1.82, 2.24) is 10.9 Å². The van der Waals surface area contributed by atoms with Gasteiger partial charge >= 0.3 is 5.97 Å². The molecule has 3 rings (SSSR count). The fourth-order valence-electron chi connectivity index (χ4n) is 3.43. The molecule has 0 heterocycles. The molecule has 2 aliphatic carbocycles. The largest absolute Gasteiger partial charge is 0.481 e. The van der Waals surface area contributed by atoms with E-state index in [4.69, 9.17) is 0 Å². The van der Waals surface area contributed by atoms with E-state index in [1.165, 1.54) is 0 Å². The van der Waals surface area contributed by atoms with Crippen LogP contribution in [-0.2, 0) is 9.59 Å². The number of allylic oxidation sites excluding steroid dienone is 2. The number of hydrazine groups is 1. The summed E-state index contributed by atoms with van der Waals surface area (Å²) in [4.78, 5) is 35.8. The molecule has 0 radical (unpaired) electrons. The Bertz CT molecular complexity index is 703. The fraction of sp³-hybridized carbons (Fsp3) is 0.312. The van der Waals surface area contributed by atoms with Crippen molar-refractivity contribution in [2.45, 2.75) is 6.42 Å². The molecular weight excluding hydrogens is 364 g/mol. The van der Waals surface area contributed by atoms with Gasteiger partial charge in [-0.2, -0.15) is 0 Å². The molecule has 0 spiro atoms. The second-order valence-corrected chi connectivity index (χ2v) is 6.62. The summed E-state index contributed by atoms with van der Waals surface area (Å²) < 4.78 is 0.609. The number of benzene rings is 1. The summed E-state index contributed by atoms with van der Waals surface area (Å²) in [6, 6.07) is 6.82. The summed E-state index contributed by atoms with van der Waals surface area (Å²) >= 11 is 3.26. The van der Waals surface area contributed by atoms with Crippen LogP contribution in [0.2, 0.25) is 0 Å². The highest BCUT2D eigenvalue weighted by molar-refractivity contribution is 9.10. The predicted octanol–water partition coefficient (Wildman–Crippen LogP) is 1.73. The molecule has 2 bridgehead atoms. The maximum atomic E-state index is 12.3. The molecular formula is C16H15BrN2O4. The van der Waals surface area contributed by atoms with Gasteiger partial charge in [0.1, 0.15) is 0 Å². The highest BCUT2D eigenvalue weighted by Gasteiger charge is 2.51. The Morgan fingerprint density at radius 3 is 2.35 bits per heavy atom. The van der Waals surface area contributed by atoms with E-state index in [-0.39, 0.29) is 11.8 Å². The highest BCUT2D eigenvalue weighted by Crippen LogP contribution is 2.48. The van der Waals surface area contributed by atoms with Gasteiger partial charge in [0.2, 0.25) is 5.91 Å². The molecule has 0 saturated heterocycles. The quantitative estimate of drug-likeness (QED) is 0.551. The van der Waals surface area contributed by atoms with E-state index in [0.717, 1.165) is 0 Å². The van der Waals surface area contributed by atoms with Gasteiger partial charge in [0, 0.05) is 4.47 Å². The average molecular weight is 379 g/mol. The van der Waals surface area contributed by atoms with Gasteiger partial charge < -0.3 is 5.11 Å². The minimum absolute atomic E-state index is 0.0820. The molecule has 1 aromatic rings. The molecule has 0 aromatic heterocycles. The molecule has 3 N–H and O–H groups in total. The van der Waals surface area contributed by atoms with Crippen LogP contribution >= 0.6 is 15.9 Å². The van der Waals surface area contributed by atoms with Gasteiger partial charge in [-0.25, -0.2) is 0 Å². The molecule has 1 aromatic carbocycles. The van der Waals surface area contributed by atoms with E-state index in [1.54, 1.807) is 24.3 Å². The smallest absolute Gasteiger partial charge is 0.307 e. The SMILES string of the molecule is O=C(NNC(=O)[C@H]1[C@H](C(=O)O)[C@H]2C=C[C@H]1C2)c1ccccc1Br. The molecule has 4 atom stereocenters. The molecule has 0 aliphatic heterocycles. The number of fused-ring (bicyclic) bond motifs is 2. The number of nitrogens with one attached hydrogen (secondary N) is 2. The zero-order valence-corrected chi connectivity index (χ0v) is 13.6. The van der Waals surface area contributed by atoms with E-state index < -0.39 is 29.6 Å². The van der Waals surface area contributed by atoms with Crippen molar-refractivity contribution in [3.63, 3.8) is 0 Å². The average Bonchev–Trinajstić information content (AvgIpc) is 3.13. The van der Waals surface area contributed by atoms with Crippen LogP contribution < -0.4 is 10.9 Å². The lowest BCUT2D eigenvalue weighted by Gasteiger charge is -2.23. The van der Waals surface area contributed by atoms with E-state index >= 15 is 0 Å². The van der Waals surface area contributed by atoms with E-state index in [9.17, 15) is 19.5 Å². The summed E-state index contributed by atoms with van der Waals surface area (Å²) in [5, 5.41) is 9.34. The van der Waals surface area contributed by atoms with Gasteiger partial charge in [-0.15, -0.1) is 0 Å². The van der Waals surface area contributed by atoms with Crippen molar-refractivity contribution < 1.29 is 19.5 Å². The molecule has 0 unspecified atom stereocenters. The van der Waals surface area contributed by atoms with Crippen LogP contribution in [0.4, 0.5) is 0 Å². The predicted molar refractivity (Wildman–Crippen MR) is 85.1 cm³/mol. The third kappa shape index (κ3) is 2.88. The first kappa shape index (κ1) is 15.7. The standard InChI is InChI=1S/C16H15BrN2O4/c17-11-4-2-1-3-10(11)14(20)18-19-15(21)12-8-5-6-9(7-8)13(12)16(22)23/h1-6,8-9,12-13H,7H2,(H,18,20)(H,19,21)(H,22,23)/t8-,9-,12+,13+/m0/s1. The van der Waals surface area contributed by atoms with E-state index in [0.29, 0.717) is 16.5 Å². The molecule has 120 valence electrons. The number of hydrogen-bond acceptors (Lipinski definition) is 3. The van der Waals surface area contributed by atoms with Gasteiger partial charge in [0.05, 0.1) is 17.4 Å². The Morgan fingerprint density at radius 1 is 1.04 bits per heavy atom. The zero-order chi connectivity index (χ0) is 16.6. The number of rotatable bonds is 3. The fourth-order valence-corrected chi connectivity index (χ4v) is 3.90. The highest BCUT2D eigenvalue weighted by atomic mass is 79.9. The number of amides is 2. The number of hydrogen-bond donors (Lipinski definition) is 3. The molecule has 2 amide bonds. The Hall–Kier alpha value is -2.15. The first-order valence-electron chi connectivity index (χ1n) is 7.25. The van der Waals surface area contributed by atoms with Crippen LogP contribution in [0.5, 0.6) is 0 Å². The minimum atomic E-state index is -0.973. The summed E-state index contributed by atoms with van der Waals surface area (Å²) in [6.07, 6.45) is 4.43. The Balaban J connectivity index is 1.66. The maximum absolute atomic E-state index is 12.3. The van der Waals surface area contributed by atoms with Crippen molar-refractivity contribution in [2.75, 3.05) is 0 Å². The molecule has 7 heteroatoms. The summed E-state index contributed by atoms with van der Waals surface area (Å²) in [7, 11) is 0. The van der Waals surface area contributed by atoms with Gasteiger partial charge in [-0.1, -0.05) is 24.3 Å². The van der Waals surface area contributed by atoms with Gasteiger partial charge in [0.25, 0.3) is 5.91 Å². The minimum Gasteiger partial charge on any atom is -0.481 e. The summed E-state index contributed by atoms with van der Waals surface area (Å²) in [6.45, 7) is 0. The number of carbonyl (C=O) groups excluding carboxylic acids is 2. The monoisotopic (exact) mass is 378 g/mol. The Morgan fingerprint density at radius 2 is 1.70 bits per heavy atom. The van der Waals surface area contributed by atoms with Crippen LogP contribution in [0.25, 0.3) is 0 Å². The molecule has 1 saturated carbocycles. The van der Waals surface area contributed by atoms with Crippen LogP contribution in [0, 0.1) is 23.7 Å². The van der Waals surface area contributed by atoms with E-state index in [2.05, 4.69) is 26.8 Å². The normalized spacial score (nSPS) is 27.7. The van der Waals surface area contributed by atoms with Crippen molar-refractivity contribution in [2.24, 2.45) is 23.7 Å². The second kappa shape index (κ2) is 6.16. The topological polar surface area (TPSA) is 95.5 Å². The van der Waals surface area contributed by atoms with Crippen molar-refractivity contribution in [3.8, 4) is 0 Å². The number of carboxylic acid groups (broad SMARTS) is 1. The van der Waals surface area contributed by atoms with Crippen LogP contribution in [0.15, 0.2) is 40.9 Å². The third-order valence-electron chi connectivity index (χ3n) is 4.46. The number of carboxylic acids is 1. The van der Waals surface area contributed by atoms with Gasteiger partial charge in [0.15, 0.2) is 0 Å². The Labute approximate surface area is 141 Å². The summed E-state index contributed by atoms with van der Waals surface area (Å²) in [5.41, 5.74) is 5.10. The van der Waals surface area contributed by atoms with Crippen LogP contribution in [-0.4, -0.2) is 22.9 Å². The zero-order valence-electron chi connectivity index (χ0n) is 12.0. The Kier molecular flexibility index (Phi) is 4.21. The van der Waals surface area contributed by atoms with Crippen molar-refractivity contribution >= 4 is 33.7 Å². The van der Waals surface area contributed by atoms with Crippen molar-refractivity contribution in [3.05, 3.63) is 46.5 Å². The molecule has 2 aliphatic rings. The van der Waals surface area contributed by atoms with Gasteiger partial charge in [-0.3, -0.25) is 25.2 Å². The lowest BCUT2D eigenvalue weighted by molar-refractivity contribution is -0.148. The first-order chi connectivity index (χ1) is 11.0. The number of aliphatic carboxylic acids is 1. The lowest BCUT2D eigenvalue weighted by atomic mass is 9.82. The van der Waals surface area contributed by atoms with Crippen LogP contribution in [0.3, 0.4) is 0 Å². The molecule has 23 heavy (non-hydrogen) atoms. The third-order valence-corrected chi connectivity index (χ3v) is 5.16. The number of carbonyl (C=O) groups is 3. The van der Waals surface area contributed by atoms with Crippen LogP contribution in [0.1, 0.15) is 16.8 Å². The summed E-state index contributed by atoms with van der Waals surface area (Å²) in [5.74, 6) is -3.47. The lowest BCUT2D eigenvalue weighted by Crippen LogP contribution is -2.48. The van der Waals surface area contributed by atoms with Crippen molar-refractivity contribution in [1.29, 1.82) is 0 Å². The second-order valence-electron chi connectivity index (χ2n) is 5.76. The van der Waals surface area contributed by atoms with Gasteiger partial charge in [-0.05, 0) is 46.3 Å².